The summed E-state index contributed by atoms with van der Waals surface area (Å²) in [6.45, 7) is 0.495. The van der Waals surface area contributed by atoms with Gasteiger partial charge in [0.1, 0.15) is 16.5 Å². The number of hydrogen-bond acceptors (Lipinski definition) is 3. The third kappa shape index (κ3) is 3.98. The minimum atomic E-state index is -4.01. The number of ether oxygens (including phenoxy) is 1. The van der Waals surface area contributed by atoms with E-state index in [-0.39, 0.29) is 11.0 Å². The van der Waals surface area contributed by atoms with Crippen molar-refractivity contribution in [3.05, 3.63) is 28.2 Å². The molecule has 102 valence electrons. The SMILES string of the molecule is COCCCNS(=O)(=O)c1c(F)cc(F)cc1Br. The van der Waals surface area contributed by atoms with Crippen LogP contribution in [0.4, 0.5) is 8.78 Å². The van der Waals surface area contributed by atoms with Gasteiger partial charge in [0, 0.05) is 30.8 Å². The number of benzene rings is 1. The smallest absolute Gasteiger partial charge is 0.244 e. The second-order valence-corrected chi connectivity index (χ2v) is 6.00. The fourth-order valence-corrected chi connectivity index (χ4v) is 3.52. The van der Waals surface area contributed by atoms with Gasteiger partial charge < -0.3 is 4.74 Å². The molecule has 1 N–H and O–H groups in total. The predicted molar refractivity (Wildman–Crippen MR) is 65.7 cm³/mol. The summed E-state index contributed by atoms with van der Waals surface area (Å²) < 4.78 is 56.7. The molecule has 0 fully saturated rings. The van der Waals surface area contributed by atoms with Crippen LogP contribution in [0, 0.1) is 11.6 Å². The maximum Gasteiger partial charge on any atom is 0.244 e. The van der Waals surface area contributed by atoms with Gasteiger partial charge in [-0.2, -0.15) is 0 Å². The first kappa shape index (κ1) is 15.5. The van der Waals surface area contributed by atoms with E-state index >= 15 is 0 Å². The van der Waals surface area contributed by atoms with Gasteiger partial charge in [-0.1, -0.05) is 0 Å². The van der Waals surface area contributed by atoms with Crippen molar-refractivity contribution in [1.29, 1.82) is 0 Å². The summed E-state index contributed by atoms with van der Waals surface area (Å²) >= 11 is 2.83. The fourth-order valence-electron chi connectivity index (χ4n) is 1.28. The van der Waals surface area contributed by atoms with E-state index in [2.05, 4.69) is 20.7 Å². The molecule has 0 radical (unpaired) electrons. The molecule has 1 aromatic carbocycles. The highest BCUT2D eigenvalue weighted by Gasteiger charge is 2.23. The summed E-state index contributed by atoms with van der Waals surface area (Å²) in [4.78, 5) is -0.596. The average Bonchev–Trinajstić information content (AvgIpc) is 2.22. The van der Waals surface area contributed by atoms with E-state index in [4.69, 9.17) is 4.74 Å². The Balaban J connectivity index is 2.92. The second-order valence-electron chi connectivity index (χ2n) is 3.44. The first-order valence-corrected chi connectivity index (χ1v) is 7.29. The quantitative estimate of drug-likeness (QED) is 0.804. The van der Waals surface area contributed by atoms with Crippen LogP contribution in [-0.4, -0.2) is 28.7 Å². The Kier molecular flexibility index (Phi) is 5.64. The van der Waals surface area contributed by atoms with Gasteiger partial charge >= 0.3 is 0 Å². The van der Waals surface area contributed by atoms with Crippen molar-refractivity contribution in [3.8, 4) is 0 Å². The van der Waals surface area contributed by atoms with E-state index in [0.717, 1.165) is 6.07 Å². The molecule has 0 spiro atoms. The molecule has 0 aliphatic heterocycles. The average molecular weight is 344 g/mol. The standard InChI is InChI=1S/C10H12BrF2NO3S/c1-17-4-2-3-14-18(15,16)10-8(11)5-7(12)6-9(10)13/h5-6,14H,2-4H2,1H3. The highest BCUT2D eigenvalue weighted by Crippen LogP contribution is 2.25. The van der Waals surface area contributed by atoms with Crippen molar-refractivity contribution in [2.75, 3.05) is 20.3 Å². The molecule has 8 heteroatoms. The normalized spacial score (nSPS) is 11.8. The second kappa shape index (κ2) is 6.55. The molecule has 0 saturated heterocycles. The van der Waals surface area contributed by atoms with Crippen LogP contribution in [0.2, 0.25) is 0 Å². The Labute approximate surface area is 113 Å². The number of rotatable bonds is 6. The van der Waals surface area contributed by atoms with E-state index in [1.54, 1.807) is 0 Å². The zero-order chi connectivity index (χ0) is 13.8. The van der Waals surface area contributed by atoms with Crippen LogP contribution in [0.3, 0.4) is 0 Å². The molecule has 1 rings (SSSR count). The van der Waals surface area contributed by atoms with Gasteiger partial charge in [-0.3, -0.25) is 0 Å². The Hall–Kier alpha value is -0.570. The maximum absolute atomic E-state index is 13.5. The lowest BCUT2D eigenvalue weighted by Crippen LogP contribution is -2.26. The lowest BCUT2D eigenvalue weighted by molar-refractivity contribution is 0.196. The van der Waals surface area contributed by atoms with Gasteiger partial charge in [0.15, 0.2) is 0 Å². The Morgan fingerprint density at radius 1 is 1.39 bits per heavy atom. The van der Waals surface area contributed by atoms with E-state index < -0.39 is 26.6 Å². The van der Waals surface area contributed by atoms with Crippen molar-refractivity contribution < 1.29 is 21.9 Å². The third-order valence-corrected chi connectivity index (χ3v) is 4.47. The molecule has 0 saturated carbocycles. The Morgan fingerprint density at radius 3 is 2.61 bits per heavy atom. The summed E-state index contributed by atoms with van der Waals surface area (Å²) in [6, 6.07) is 1.42. The van der Waals surface area contributed by atoms with Gasteiger partial charge in [-0.25, -0.2) is 21.9 Å². The molecule has 0 aliphatic carbocycles. The van der Waals surface area contributed by atoms with Crippen molar-refractivity contribution in [2.45, 2.75) is 11.3 Å². The van der Waals surface area contributed by atoms with Crippen LogP contribution in [-0.2, 0) is 14.8 Å². The van der Waals surface area contributed by atoms with Crippen LogP contribution in [0.1, 0.15) is 6.42 Å². The van der Waals surface area contributed by atoms with Gasteiger partial charge in [-0.15, -0.1) is 0 Å². The van der Waals surface area contributed by atoms with Crippen LogP contribution < -0.4 is 4.72 Å². The molecular formula is C10H12BrF2NO3S. The third-order valence-electron chi connectivity index (χ3n) is 2.05. The molecule has 0 aliphatic rings. The lowest BCUT2D eigenvalue weighted by Gasteiger charge is -2.09. The monoisotopic (exact) mass is 343 g/mol. The minimum Gasteiger partial charge on any atom is -0.385 e. The van der Waals surface area contributed by atoms with Gasteiger partial charge in [-0.05, 0) is 28.4 Å². The summed E-state index contributed by atoms with van der Waals surface area (Å²) in [5, 5.41) is 0. The van der Waals surface area contributed by atoms with E-state index in [1.807, 2.05) is 0 Å². The molecule has 0 heterocycles. The Morgan fingerprint density at radius 2 is 2.06 bits per heavy atom. The van der Waals surface area contributed by atoms with Crippen molar-refractivity contribution in [1.82, 2.24) is 4.72 Å². The topological polar surface area (TPSA) is 55.4 Å². The number of nitrogens with one attached hydrogen (secondary N) is 1. The predicted octanol–water partition coefficient (Wildman–Crippen LogP) is 2.04. The van der Waals surface area contributed by atoms with Crippen molar-refractivity contribution >= 4 is 26.0 Å². The first-order valence-electron chi connectivity index (χ1n) is 5.01. The maximum atomic E-state index is 13.5. The van der Waals surface area contributed by atoms with Crippen LogP contribution in [0.25, 0.3) is 0 Å². The summed E-state index contributed by atoms with van der Waals surface area (Å²) in [5.41, 5.74) is 0. The lowest BCUT2D eigenvalue weighted by atomic mass is 10.3. The van der Waals surface area contributed by atoms with E-state index in [1.165, 1.54) is 7.11 Å². The highest BCUT2D eigenvalue weighted by molar-refractivity contribution is 9.10. The molecule has 0 bridgehead atoms. The van der Waals surface area contributed by atoms with Crippen LogP contribution >= 0.6 is 15.9 Å². The minimum absolute atomic E-state index is 0.111. The summed E-state index contributed by atoms with van der Waals surface area (Å²) in [6.07, 6.45) is 0.455. The largest absolute Gasteiger partial charge is 0.385 e. The summed E-state index contributed by atoms with van der Waals surface area (Å²) in [7, 11) is -2.52. The van der Waals surface area contributed by atoms with Gasteiger partial charge in [0.05, 0.1) is 0 Å². The molecule has 18 heavy (non-hydrogen) atoms. The number of hydrogen-bond donors (Lipinski definition) is 1. The fraction of sp³-hybridized carbons (Fsp3) is 0.400. The van der Waals surface area contributed by atoms with Gasteiger partial charge in [0.25, 0.3) is 0 Å². The zero-order valence-corrected chi connectivity index (χ0v) is 11.9. The van der Waals surface area contributed by atoms with E-state index in [0.29, 0.717) is 19.1 Å². The molecule has 0 amide bonds. The molecule has 0 atom stereocenters. The summed E-state index contributed by atoms with van der Waals surface area (Å²) in [5.74, 6) is -1.99. The van der Waals surface area contributed by atoms with Gasteiger partial charge in [0.2, 0.25) is 10.0 Å². The highest BCUT2D eigenvalue weighted by atomic mass is 79.9. The van der Waals surface area contributed by atoms with Crippen molar-refractivity contribution in [2.24, 2.45) is 0 Å². The van der Waals surface area contributed by atoms with Crippen LogP contribution in [0.5, 0.6) is 0 Å². The van der Waals surface area contributed by atoms with Crippen molar-refractivity contribution in [3.63, 3.8) is 0 Å². The molecule has 1 aromatic rings. The van der Waals surface area contributed by atoms with E-state index in [9.17, 15) is 17.2 Å². The van der Waals surface area contributed by atoms with Crippen LogP contribution in [0.15, 0.2) is 21.5 Å². The molecule has 4 nitrogen and oxygen atoms in total. The molecular weight excluding hydrogens is 332 g/mol. The molecule has 0 unspecified atom stereocenters. The zero-order valence-electron chi connectivity index (χ0n) is 9.54. The first-order chi connectivity index (χ1) is 8.38. The number of halogens is 3. The number of sulfonamides is 1. The molecule has 0 aromatic heterocycles. The Bertz CT molecular complexity index is 499. The number of methoxy groups -OCH3 is 1.